The van der Waals surface area contributed by atoms with E-state index in [2.05, 4.69) is 44.4 Å². The zero-order valence-electron chi connectivity index (χ0n) is 13.4. The van der Waals surface area contributed by atoms with Crippen molar-refractivity contribution in [1.82, 2.24) is 20.1 Å². The van der Waals surface area contributed by atoms with E-state index in [9.17, 15) is 0 Å². The van der Waals surface area contributed by atoms with Crippen LogP contribution in [0.5, 0.6) is 0 Å². The van der Waals surface area contributed by atoms with Crippen molar-refractivity contribution in [2.75, 3.05) is 39.8 Å². The predicted octanol–water partition coefficient (Wildman–Crippen LogP) is 1.39. The lowest BCUT2D eigenvalue weighted by atomic mass is 10.0. The minimum atomic E-state index is 0.845. The molecule has 0 bridgehead atoms. The molecule has 1 fully saturated rings. The maximum absolute atomic E-state index is 4.27. The van der Waals surface area contributed by atoms with Gasteiger partial charge < -0.3 is 20.1 Å². The van der Waals surface area contributed by atoms with E-state index in [0.29, 0.717) is 0 Å². The summed E-state index contributed by atoms with van der Waals surface area (Å²) in [4.78, 5) is 6.82. The fraction of sp³-hybridized carbons (Fsp3) is 0.688. The van der Waals surface area contributed by atoms with Gasteiger partial charge in [0.05, 0.1) is 0 Å². The van der Waals surface area contributed by atoms with Gasteiger partial charge in [0.1, 0.15) is 0 Å². The molecule has 0 radical (unpaired) electrons. The van der Waals surface area contributed by atoms with Crippen molar-refractivity contribution in [3.63, 3.8) is 0 Å². The van der Waals surface area contributed by atoms with Crippen LogP contribution in [0, 0.1) is 5.92 Å². The van der Waals surface area contributed by atoms with Crippen LogP contribution in [0.1, 0.15) is 19.8 Å². The number of aromatic nitrogens is 1. The summed E-state index contributed by atoms with van der Waals surface area (Å²) >= 11 is 0. The topological polar surface area (TPSA) is 44.6 Å². The molecule has 0 saturated carbocycles. The third-order valence-electron chi connectivity index (χ3n) is 4.01. The molecule has 0 spiro atoms. The van der Waals surface area contributed by atoms with Gasteiger partial charge in [-0.2, -0.15) is 0 Å². The van der Waals surface area contributed by atoms with Crippen LogP contribution >= 0.6 is 0 Å². The number of hydrogen-bond acceptors (Lipinski definition) is 2. The number of aliphatic imine (C=N–C) groups is 1. The third-order valence-corrected chi connectivity index (χ3v) is 4.01. The molecular weight excluding hydrogens is 262 g/mol. The minimum absolute atomic E-state index is 0.845. The van der Waals surface area contributed by atoms with E-state index in [1.807, 2.05) is 19.2 Å². The van der Waals surface area contributed by atoms with Crippen LogP contribution in [0.2, 0.25) is 0 Å². The molecule has 118 valence electrons. The van der Waals surface area contributed by atoms with Gasteiger partial charge in [-0.3, -0.25) is 4.99 Å². The highest BCUT2D eigenvalue weighted by Crippen LogP contribution is 2.14. The molecule has 5 nitrogen and oxygen atoms in total. The summed E-state index contributed by atoms with van der Waals surface area (Å²) in [5, 5.41) is 6.75. The first kappa shape index (κ1) is 15.9. The van der Waals surface area contributed by atoms with Crippen LogP contribution in [-0.4, -0.2) is 55.2 Å². The largest absolute Gasteiger partial charge is 0.355 e. The van der Waals surface area contributed by atoms with Gasteiger partial charge in [-0.25, -0.2) is 0 Å². The van der Waals surface area contributed by atoms with E-state index in [1.165, 1.54) is 25.9 Å². The lowest BCUT2D eigenvalue weighted by Gasteiger charge is -2.30. The highest BCUT2D eigenvalue weighted by molar-refractivity contribution is 5.79. The second-order valence-corrected chi connectivity index (χ2v) is 5.89. The molecule has 0 amide bonds. The second-order valence-electron chi connectivity index (χ2n) is 5.89. The van der Waals surface area contributed by atoms with Crippen LogP contribution in [0.4, 0.5) is 0 Å². The molecule has 2 rings (SSSR count). The first-order valence-corrected chi connectivity index (χ1v) is 8.05. The molecule has 1 aromatic heterocycles. The third kappa shape index (κ3) is 5.79. The molecule has 1 aliphatic rings. The first-order chi connectivity index (χ1) is 10.3. The van der Waals surface area contributed by atoms with Crippen molar-refractivity contribution in [3.05, 3.63) is 24.5 Å². The van der Waals surface area contributed by atoms with E-state index in [4.69, 9.17) is 0 Å². The molecule has 5 heteroatoms. The molecule has 1 unspecified atom stereocenters. The average Bonchev–Trinajstić information content (AvgIpc) is 2.99. The van der Waals surface area contributed by atoms with Crippen molar-refractivity contribution in [2.24, 2.45) is 10.9 Å². The number of piperidine rings is 1. The molecule has 1 atom stereocenters. The Kier molecular flexibility index (Phi) is 6.60. The highest BCUT2D eigenvalue weighted by atomic mass is 15.2. The Hall–Kier alpha value is -1.49. The number of nitrogens with zero attached hydrogens (tertiary/aromatic N) is 3. The summed E-state index contributed by atoms with van der Waals surface area (Å²) in [5.74, 6) is 1.74. The Labute approximate surface area is 128 Å². The van der Waals surface area contributed by atoms with Gasteiger partial charge in [0, 0.05) is 52.2 Å². The fourth-order valence-corrected chi connectivity index (χ4v) is 2.87. The zero-order valence-corrected chi connectivity index (χ0v) is 13.4. The van der Waals surface area contributed by atoms with Crippen LogP contribution in [-0.2, 0) is 6.54 Å². The smallest absolute Gasteiger partial charge is 0.191 e. The van der Waals surface area contributed by atoms with Gasteiger partial charge in [0.2, 0.25) is 0 Å². The van der Waals surface area contributed by atoms with Gasteiger partial charge in [-0.05, 0) is 37.4 Å². The quantitative estimate of drug-likeness (QED) is 0.615. The lowest BCUT2D eigenvalue weighted by Crippen LogP contribution is -2.44. The van der Waals surface area contributed by atoms with E-state index >= 15 is 0 Å². The number of rotatable bonds is 6. The summed E-state index contributed by atoms with van der Waals surface area (Å²) in [5.41, 5.74) is 0. The highest BCUT2D eigenvalue weighted by Gasteiger charge is 2.15. The predicted molar refractivity (Wildman–Crippen MR) is 88.6 cm³/mol. The van der Waals surface area contributed by atoms with Gasteiger partial charge in [-0.15, -0.1) is 0 Å². The van der Waals surface area contributed by atoms with Crippen LogP contribution in [0.3, 0.4) is 0 Å². The summed E-state index contributed by atoms with van der Waals surface area (Å²) in [6.45, 7) is 8.72. The van der Waals surface area contributed by atoms with E-state index in [-0.39, 0.29) is 0 Å². The SMILES string of the molecule is CN=C(NCCN1CCCC(C)C1)NCCn1cccc1. The van der Waals surface area contributed by atoms with E-state index in [1.54, 1.807) is 0 Å². The Morgan fingerprint density at radius 1 is 1.19 bits per heavy atom. The zero-order chi connectivity index (χ0) is 14.9. The standard InChI is InChI=1S/C16H29N5/c1-15-6-5-11-21(14-15)13-8-19-16(17-2)18-7-12-20-9-3-4-10-20/h3-4,9-10,15H,5-8,11-14H2,1-2H3,(H2,17,18,19). The van der Waals surface area contributed by atoms with Crippen molar-refractivity contribution in [1.29, 1.82) is 0 Å². The van der Waals surface area contributed by atoms with E-state index in [0.717, 1.165) is 38.1 Å². The minimum Gasteiger partial charge on any atom is -0.355 e. The van der Waals surface area contributed by atoms with Crippen molar-refractivity contribution in [2.45, 2.75) is 26.3 Å². The number of guanidine groups is 1. The molecule has 0 aliphatic carbocycles. The number of nitrogens with one attached hydrogen (secondary N) is 2. The summed E-state index contributed by atoms with van der Waals surface area (Å²) in [6, 6.07) is 4.10. The maximum atomic E-state index is 4.27. The van der Waals surface area contributed by atoms with E-state index < -0.39 is 0 Å². The molecule has 2 N–H and O–H groups in total. The maximum Gasteiger partial charge on any atom is 0.191 e. The van der Waals surface area contributed by atoms with Gasteiger partial charge in [-0.1, -0.05) is 6.92 Å². The van der Waals surface area contributed by atoms with Gasteiger partial charge in [0.25, 0.3) is 0 Å². The fourth-order valence-electron chi connectivity index (χ4n) is 2.87. The lowest BCUT2D eigenvalue weighted by molar-refractivity contribution is 0.187. The summed E-state index contributed by atoms with van der Waals surface area (Å²) in [6.07, 6.45) is 6.88. The van der Waals surface area contributed by atoms with Crippen molar-refractivity contribution in [3.8, 4) is 0 Å². The van der Waals surface area contributed by atoms with Gasteiger partial charge >= 0.3 is 0 Å². The summed E-state index contributed by atoms with van der Waals surface area (Å²) < 4.78 is 2.16. The van der Waals surface area contributed by atoms with Crippen LogP contribution in [0.15, 0.2) is 29.5 Å². The number of likely N-dealkylation sites (tertiary alicyclic amines) is 1. The van der Waals surface area contributed by atoms with Crippen molar-refractivity contribution >= 4 is 5.96 Å². The molecule has 2 heterocycles. The average molecular weight is 291 g/mol. The monoisotopic (exact) mass is 291 g/mol. The molecule has 1 saturated heterocycles. The van der Waals surface area contributed by atoms with Crippen LogP contribution < -0.4 is 10.6 Å². The molecule has 1 aromatic rings. The molecule has 0 aromatic carbocycles. The molecule has 21 heavy (non-hydrogen) atoms. The normalized spacial score (nSPS) is 20.5. The Morgan fingerprint density at radius 3 is 2.57 bits per heavy atom. The molecule has 1 aliphatic heterocycles. The Balaban J connectivity index is 1.59. The van der Waals surface area contributed by atoms with Crippen LogP contribution in [0.25, 0.3) is 0 Å². The van der Waals surface area contributed by atoms with Gasteiger partial charge in [0.15, 0.2) is 5.96 Å². The number of hydrogen-bond donors (Lipinski definition) is 2. The Morgan fingerprint density at radius 2 is 1.90 bits per heavy atom. The Bertz CT molecular complexity index is 412. The van der Waals surface area contributed by atoms with Crippen molar-refractivity contribution < 1.29 is 0 Å². The summed E-state index contributed by atoms with van der Waals surface area (Å²) in [7, 11) is 1.83. The second kappa shape index (κ2) is 8.72. The first-order valence-electron chi connectivity index (χ1n) is 8.05. The molecular formula is C16H29N5.